The van der Waals surface area contributed by atoms with E-state index in [1.165, 1.54) is 35.9 Å². The highest BCUT2D eigenvalue weighted by Gasteiger charge is 2.28. The third-order valence-electron chi connectivity index (χ3n) is 5.11. The number of nitrogens with zero attached hydrogens (tertiary/aromatic N) is 2. The van der Waals surface area contributed by atoms with Crippen molar-refractivity contribution in [2.75, 3.05) is 6.54 Å². The fraction of sp³-hybridized carbons (Fsp3) is 0.500. The summed E-state index contributed by atoms with van der Waals surface area (Å²) in [6.07, 6.45) is 5.95. The first-order valence-electron chi connectivity index (χ1n) is 8.19. The number of para-hydroxylation sites is 1. The summed E-state index contributed by atoms with van der Waals surface area (Å²) in [5.74, 6) is 0.681. The smallest absolute Gasteiger partial charge is 0.226 e. The number of hydrogen-bond acceptors (Lipinski definition) is 1. The van der Waals surface area contributed by atoms with Crippen molar-refractivity contribution in [3.05, 3.63) is 36.0 Å². The predicted molar refractivity (Wildman–Crippen MR) is 83.9 cm³/mol. The molecular formula is C18H22N2O. The summed E-state index contributed by atoms with van der Waals surface area (Å²) in [6, 6.07) is 10.8. The topological polar surface area (TPSA) is 25.2 Å². The molecule has 2 heterocycles. The van der Waals surface area contributed by atoms with Crippen LogP contribution in [-0.4, -0.2) is 21.9 Å². The number of amides is 1. The summed E-state index contributed by atoms with van der Waals surface area (Å²) in [7, 11) is 0. The number of hydrogen-bond donors (Lipinski definition) is 0. The number of benzene rings is 1. The van der Waals surface area contributed by atoms with E-state index in [9.17, 15) is 4.79 Å². The Hall–Kier alpha value is -1.77. The second-order valence-corrected chi connectivity index (χ2v) is 6.44. The molecule has 0 radical (unpaired) electrons. The monoisotopic (exact) mass is 282 g/mol. The quantitative estimate of drug-likeness (QED) is 0.785. The molecule has 3 nitrogen and oxygen atoms in total. The normalized spacial score (nSPS) is 19.7. The second-order valence-electron chi connectivity index (χ2n) is 6.44. The molecule has 1 fully saturated rings. The largest absolute Gasteiger partial charge is 0.341 e. The minimum Gasteiger partial charge on any atom is -0.341 e. The lowest BCUT2D eigenvalue weighted by atomic mass is 9.88. The van der Waals surface area contributed by atoms with Gasteiger partial charge in [-0.05, 0) is 30.4 Å². The maximum Gasteiger partial charge on any atom is 0.226 e. The highest BCUT2D eigenvalue weighted by molar-refractivity contribution is 5.83. The van der Waals surface area contributed by atoms with Crippen LogP contribution in [0.4, 0.5) is 0 Å². The van der Waals surface area contributed by atoms with Gasteiger partial charge in [0.1, 0.15) is 0 Å². The van der Waals surface area contributed by atoms with Crippen LogP contribution in [-0.2, 0) is 17.9 Å². The van der Waals surface area contributed by atoms with Gasteiger partial charge in [-0.1, -0.05) is 37.5 Å². The zero-order chi connectivity index (χ0) is 14.2. The van der Waals surface area contributed by atoms with Gasteiger partial charge in [-0.2, -0.15) is 0 Å². The molecule has 110 valence electrons. The van der Waals surface area contributed by atoms with Crippen molar-refractivity contribution in [3.8, 4) is 0 Å². The Kier molecular flexibility index (Phi) is 3.21. The van der Waals surface area contributed by atoms with E-state index in [0.29, 0.717) is 5.91 Å². The molecule has 1 aromatic heterocycles. The van der Waals surface area contributed by atoms with Gasteiger partial charge < -0.3 is 9.47 Å². The van der Waals surface area contributed by atoms with Gasteiger partial charge in [0.2, 0.25) is 5.91 Å². The van der Waals surface area contributed by atoms with Gasteiger partial charge in [-0.15, -0.1) is 0 Å². The van der Waals surface area contributed by atoms with E-state index >= 15 is 0 Å². The maximum atomic E-state index is 12.7. The predicted octanol–water partition coefficient (Wildman–Crippen LogP) is 3.56. The molecule has 0 saturated heterocycles. The van der Waals surface area contributed by atoms with Crippen LogP contribution in [0.5, 0.6) is 0 Å². The molecule has 0 spiro atoms. The van der Waals surface area contributed by atoms with Gasteiger partial charge >= 0.3 is 0 Å². The van der Waals surface area contributed by atoms with Crippen molar-refractivity contribution in [2.24, 2.45) is 5.92 Å². The molecule has 21 heavy (non-hydrogen) atoms. The Labute approximate surface area is 125 Å². The van der Waals surface area contributed by atoms with E-state index in [2.05, 4.69) is 39.8 Å². The Morgan fingerprint density at radius 1 is 1.05 bits per heavy atom. The van der Waals surface area contributed by atoms with E-state index in [1.54, 1.807) is 0 Å². The van der Waals surface area contributed by atoms with Crippen molar-refractivity contribution in [2.45, 2.75) is 45.2 Å². The van der Waals surface area contributed by atoms with Crippen LogP contribution in [0.3, 0.4) is 0 Å². The van der Waals surface area contributed by atoms with Gasteiger partial charge in [0.05, 0.1) is 6.54 Å². The van der Waals surface area contributed by atoms with Gasteiger partial charge in [0.25, 0.3) is 0 Å². The zero-order valence-electron chi connectivity index (χ0n) is 12.4. The number of aromatic nitrogens is 1. The van der Waals surface area contributed by atoms with Crippen molar-refractivity contribution in [3.63, 3.8) is 0 Å². The summed E-state index contributed by atoms with van der Waals surface area (Å²) >= 11 is 0. The molecule has 1 saturated carbocycles. The van der Waals surface area contributed by atoms with Crippen molar-refractivity contribution in [1.29, 1.82) is 0 Å². The van der Waals surface area contributed by atoms with Gasteiger partial charge in [0, 0.05) is 30.2 Å². The average molecular weight is 282 g/mol. The minimum atomic E-state index is 0.287. The van der Waals surface area contributed by atoms with E-state index in [1.807, 2.05) is 0 Å². The van der Waals surface area contributed by atoms with Gasteiger partial charge in [0.15, 0.2) is 0 Å². The lowest BCUT2D eigenvalue weighted by molar-refractivity contribution is -0.138. The molecule has 1 aromatic carbocycles. The first-order chi connectivity index (χ1) is 10.3. The molecule has 2 aromatic rings. The average Bonchev–Trinajstić information content (AvgIpc) is 2.92. The van der Waals surface area contributed by atoms with E-state index in [4.69, 9.17) is 0 Å². The van der Waals surface area contributed by atoms with E-state index in [0.717, 1.165) is 32.5 Å². The fourth-order valence-corrected chi connectivity index (χ4v) is 3.95. The van der Waals surface area contributed by atoms with Crippen LogP contribution in [0.2, 0.25) is 0 Å². The number of carbonyl (C=O) groups excluding carboxylic acids is 1. The lowest BCUT2D eigenvalue weighted by Gasteiger charge is -2.33. The highest BCUT2D eigenvalue weighted by atomic mass is 16.2. The molecule has 2 aliphatic rings. The van der Waals surface area contributed by atoms with Crippen molar-refractivity contribution >= 4 is 16.8 Å². The lowest BCUT2D eigenvalue weighted by Crippen LogP contribution is -2.41. The first-order valence-corrected chi connectivity index (χ1v) is 8.19. The van der Waals surface area contributed by atoms with Crippen LogP contribution in [0.25, 0.3) is 10.9 Å². The van der Waals surface area contributed by atoms with Crippen LogP contribution < -0.4 is 0 Å². The van der Waals surface area contributed by atoms with Crippen molar-refractivity contribution < 1.29 is 4.79 Å². The van der Waals surface area contributed by atoms with Crippen LogP contribution in [0.15, 0.2) is 30.3 Å². The third kappa shape index (κ3) is 2.25. The van der Waals surface area contributed by atoms with Crippen LogP contribution in [0, 0.1) is 5.92 Å². The highest BCUT2D eigenvalue weighted by Crippen LogP contribution is 2.29. The SMILES string of the molecule is O=C(C1CCCCC1)N1CCn2c(cc3ccccc32)C1. The summed E-state index contributed by atoms with van der Waals surface area (Å²) in [6.45, 7) is 2.58. The fourth-order valence-electron chi connectivity index (χ4n) is 3.95. The van der Waals surface area contributed by atoms with E-state index in [-0.39, 0.29) is 5.92 Å². The number of fused-ring (bicyclic) bond motifs is 3. The number of carbonyl (C=O) groups is 1. The zero-order valence-corrected chi connectivity index (χ0v) is 12.4. The summed E-state index contributed by atoms with van der Waals surface area (Å²) in [4.78, 5) is 14.8. The summed E-state index contributed by atoms with van der Waals surface area (Å²) in [5, 5.41) is 1.29. The molecule has 1 aliphatic carbocycles. The standard InChI is InChI=1S/C18H22N2O/c21-18(14-6-2-1-3-7-14)19-10-11-20-16(13-19)12-15-8-4-5-9-17(15)20/h4-5,8-9,12,14H,1-3,6-7,10-11,13H2. The minimum absolute atomic E-state index is 0.287. The number of rotatable bonds is 1. The Bertz CT molecular complexity index is 667. The molecule has 3 heteroatoms. The summed E-state index contributed by atoms with van der Waals surface area (Å²) < 4.78 is 2.37. The van der Waals surface area contributed by atoms with E-state index < -0.39 is 0 Å². The molecule has 0 atom stereocenters. The van der Waals surface area contributed by atoms with Crippen molar-refractivity contribution in [1.82, 2.24) is 9.47 Å². The summed E-state index contributed by atoms with van der Waals surface area (Å²) in [5.41, 5.74) is 2.59. The Morgan fingerprint density at radius 3 is 2.71 bits per heavy atom. The first kappa shape index (κ1) is 12.9. The maximum absolute atomic E-state index is 12.7. The van der Waals surface area contributed by atoms with Gasteiger partial charge in [-0.25, -0.2) is 0 Å². The molecule has 0 bridgehead atoms. The van der Waals surface area contributed by atoms with Crippen LogP contribution >= 0.6 is 0 Å². The molecule has 1 amide bonds. The third-order valence-corrected chi connectivity index (χ3v) is 5.11. The molecular weight excluding hydrogens is 260 g/mol. The molecule has 4 rings (SSSR count). The molecule has 0 N–H and O–H groups in total. The Balaban J connectivity index is 1.57. The second kappa shape index (κ2) is 5.21. The van der Waals surface area contributed by atoms with Gasteiger partial charge in [-0.3, -0.25) is 4.79 Å². The Morgan fingerprint density at radius 2 is 1.86 bits per heavy atom. The molecule has 1 aliphatic heterocycles. The molecule has 0 unspecified atom stereocenters. The van der Waals surface area contributed by atoms with Crippen LogP contribution in [0.1, 0.15) is 37.8 Å².